The summed E-state index contributed by atoms with van der Waals surface area (Å²) in [6.45, 7) is 2.47. The van der Waals surface area contributed by atoms with Crippen LogP contribution in [-0.2, 0) is 10.0 Å². The summed E-state index contributed by atoms with van der Waals surface area (Å²) in [6.07, 6.45) is 4.96. The summed E-state index contributed by atoms with van der Waals surface area (Å²) in [4.78, 5) is 0.116. The summed E-state index contributed by atoms with van der Waals surface area (Å²) in [7, 11) is -3.68. The first kappa shape index (κ1) is 16.4. The fourth-order valence-electron chi connectivity index (χ4n) is 2.81. The van der Waals surface area contributed by atoms with Gasteiger partial charge in [-0.15, -0.1) is 0 Å². The Labute approximate surface area is 126 Å². The standard InChI is InChI=1S/C15H24N2O3S/c1-12(17-11-15(18)8-3-2-4-9-15)13-6-5-7-14(10-13)21(16,19)20/h5-7,10,12,17-18H,2-4,8-9,11H2,1H3,(H2,16,19,20). The zero-order chi connectivity index (χ0) is 15.5. The summed E-state index contributed by atoms with van der Waals surface area (Å²) in [5, 5.41) is 18.9. The van der Waals surface area contributed by atoms with E-state index in [0.717, 1.165) is 31.2 Å². The van der Waals surface area contributed by atoms with Crippen LogP contribution in [0.4, 0.5) is 0 Å². The number of nitrogens with one attached hydrogen (secondary N) is 1. The van der Waals surface area contributed by atoms with Gasteiger partial charge < -0.3 is 10.4 Å². The first-order valence-corrected chi connectivity index (χ1v) is 8.93. The molecule has 5 nitrogen and oxygen atoms in total. The summed E-state index contributed by atoms with van der Waals surface area (Å²) in [6, 6.07) is 6.57. The van der Waals surface area contributed by atoms with E-state index < -0.39 is 15.6 Å². The van der Waals surface area contributed by atoms with E-state index in [0.29, 0.717) is 6.54 Å². The molecule has 0 spiro atoms. The minimum absolute atomic E-state index is 0.0438. The molecule has 0 aliphatic heterocycles. The van der Waals surface area contributed by atoms with Crippen LogP contribution in [0.5, 0.6) is 0 Å². The van der Waals surface area contributed by atoms with Gasteiger partial charge >= 0.3 is 0 Å². The van der Waals surface area contributed by atoms with E-state index >= 15 is 0 Å². The molecule has 0 saturated heterocycles. The summed E-state index contributed by atoms with van der Waals surface area (Å²) in [5.74, 6) is 0. The van der Waals surface area contributed by atoms with E-state index in [1.54, 1.807) is 12.1 Å². The highest BCUT2D eigenvalue weighted by atomic mass is 32.2. The summed E-state index contributed by atoms with van der Waals surface area (Å²) >= 11 is 0. The van der Waals surface area contributed by atoms with Crippen LogP contribution >= 0.6 is 0 Å². The third-order valence-electron chi connectivity index (χ3n) is 4.21. The zero-order valence-corrected chi connectivity index (χ0v) is 13.2. The lowest BCUT2D eigenvalue weighted by Crippen LogP contribution is -2.42. The number of hydrogen-bond donors (Lipinski definition) is 3. The Balaban J connectivity index is 2.02. The van der Waals surface area contributed by atoms with Crippen molar-refractivity contribution in [1.82, 2.24) is 5.32 Å². The molecule has 0 heterocycles. The third-order valence-corrected chi connectivity index (χ3v) is 5.12. The molecule has 118 valence electrons. The quantitative estimate of drug-likeness (QED) is 0.771. The molecule has 0 bridgehead atoms. The van der Waals surface area contributed by atoms with Crippen molar-refractivity contribution in [2.75, 3.05) is 6.54 Å². The van der Waals surface area contributed by atoms with Crippen LogP contribution in [0.15, 0.2) is 29.2 Å². The molecular weight excluding hydrogens is 288 g/mol. The molecule has 2 rings (SSSR count). The Hall–Kier alpha value is -0.950. The van der Waals surface area contributed by atoms with Gasteiger partial charge in [0.25, 0.3) is 0 Å². The minimum Gasteiger partial charge on any atom is -0.389 e. The zero-order valence-electron chi connectivity index (χ0n) is 12.4. The molecule has 1 atom stereocenters. The van der Waals surface area contributed by atoms with Crippen LogP contribution in [0, 0.1) is 0 Å². The Morgan fingerprint density at radius 1 is 1.33 bits per heavy atom. The SMILES string of the molecule is CC(NCC1(O)CCCCC1)c1cccc(S(N)(=O)=O)c1. The number of hydrogen-bond acceptors (Lipinski definition) is 4. The number of nitrogens with two attached hydrogens (primary N) is 1. The van der Waals surface area contributed by atoms with Gasteiger partial charge in [-0.25, -0.2) is 13.6 Å². The van der Waals surface area contributed by atoms with Gasteiger partial charge in [-0.3, -0.25) is 0 Å². The molecule has 0 aromatic heterocycles. The normalized spacial score (nSPS) is 20.1. The molecule has 0 amide bonds. The molecule has 4 N–H and O–H groups in total. The highest BCUT2D eigenvalue weighted by Gasteiger charge is 2.29. The second kappa shape index (κ2) is 6.44. The molecule has 1 aliphatic rings. The van der Waals surface area contributed by atoms with E-state index in [-0.39, 0.29) is 10.9 Å². The lowest BCUT2D eigenvalue weighted by Gasteiger charge is -2.33. The fraction of sp³-hybridized carbons (Fsp3) is 0.600. The number of primary sulfonamides is 1. The summed E-state index contributed by atoms with van der Waals surface area (Å²) < 4.78 is 22.8. The fourth-order valence-corrected chi connectivity index (χ4v) is 3.38. The van der Waals surface area contributed by atoms with Crippen LogP contribution in [0.1, 0.15) is 50.6 Å². The van der Waals surface area contributed by atoms with Gasteiger partial charge in [0.2, 0.25) is 10.0 Å². The second-order valence-corrected chi connectivity index (χ2v) is 7.57. The Morgan fingerprint density at radius 3 is 2.62 bits per heavy atom. The Bertz CT molecular complexity index is 580. The van der Waals surface area contributed by atoms with E-state index in [1.807, 2.05) is 13.0 Å². The molecule has 1 aromatic rings. The lowest BCUT2D eigenvalue weighted by molar-refractivity contribution is 0.00299. The van der Waals surface area contributed by atoms with E-state index in [1.165, 1.54) is 12.5 Å². The van der Waals surface area contributed by atoms with Crippen molar-refractivity contribution in [3.8, 4) is 0 Å². The number of rotatable bonds is 5. The molecular formula is C15H24N2O3S. The van der Waals surface area contributed by atoms with Crippen LogP contribution in [0.25, 0.3) is 0 Å². The van der Waals surface area contributed by atoms with Gasteiger partial charge in [-0.1, -0.05) is 31.4 Å². The first-order chi connectivity index (χ1) is 9.80. The second-order valence-electron chi connectivity index (χ2n) is 6.01. The molecule has 1 aliphatic carbocycles. The van der Waals surface area contributed by atoms with Crippen molar-refractivity contribution >= 4 is 10.0 Å². The van der Waals surface area contributed by atoms with Crippen molar-refractivity contribution in [1.29, 1.82) is 0 Å². The molecule has 1 saturated carbocycles. The summed E-state index contributed by atoms with van der Waals surface area (Å²) in [5.41, 5.74) is 0.213. The van der Waals surface area contributed by atoms with Crippen molar-refractivity contribution in [2.45, 2.75) is 55.6 Å². The largest absolute Gasteiger partial charge is 0.389 e. The monoisotopic (exact) mass is 312 g/mol. The van der Waals surface area contributed by atoms with Gasteiger partial charge in [-0.2, -0.15) is 0 Å². The van der Waals surface area contributed by atoms with Crippen molar-refractivity contribution < 1.29 is 13.5 Å². The molecule has 0 radical (unpaired) electrons. The van der Waals surface area contributed by atoms with Gasteiger partial charge in [0.05, 0.1) is 10.5 Å². The van der Waals surface area contributed by atoms with Crippen molar-refractivity contribution in [3.63, 3.8) is 0 Å². The maximum absolute atomic E-state index is 11.4. The lowest BCUT2D eigenvalue weighted by atomic mass is 9.84. The highest BCUT2D eigenvalue weighted by molar-refractivity contribution is 7.89. The van der Waals surface area contributed by atoms with Gasteiger partial charge in [0.15, 0.2) is 0 Å². The predicted molar refractivity (Wildman–Crippen MR) is 82.3 cm³/mol. The molecule has 6 heteroatoms. The van der Waals surface area contributed by atoms with E-state index in [9.17, 15) is 13.5 Å². The first-order valence-electron chi connectivity index (χ1n) is 7.39. The maximum Gasteiger partial charge on any atom is 0.238 e. The van der Waals surface area contributed by atoms with Gasteiger partial charge in [-0.05, 0) is 37.5 Å². The number of benzene rings is 1. The highest BCUT2D eigenvalue weighted by Crippen LogP contribution is 2.28. The predicted octanol–water partition coefficient (Wildman–Crippen LogP) is 1.68. The van der Waals surface area contributed by atoms with E-state index in [4.69, 9.17) is 5.14 Å². The molecule has 21 heavy (non-hydrogen) atoms. The molecule has 1 unspecified atom stereocenters. The smallest absolute Gasteiger partial charge is 0.238 e. The van der Waals surface area contributed by atoms with Crippen LogP contribution in [0.3, 0.4) is 0 Å². The van der Waals surface area contributed by atoms with Gasteiger partial charge in [0.1, 0.15) is 0 Å². The number of sulfonamides is 1. The average Bonchev–Trinajstić information content (AvgIpc) is 2.45. The van der Waals surface area contributed by atoms with Crippen molar-refractivity contribution in [3.05, 3.63) is 29.8 Å². The third kappa shape index (κ3) is 4.51. The van der Waals surface area contributed by atoms with Crippen LogP contribution in [-0.4, -0.2) is 25.7 Å². The molecule has 1 aromatic carbocycles. The number of aliphatic hydroxyl groups is 1. The van der Waals surface area contributed by atoms with Gasteiger partial charge in [0, 0.05) is 12.6 Å². The Morgan fingerprint density at radius 2 is 2.00 bits per heavy atom. The van der Waals surface area contributed by atoms with Crippen LogP contribution < -0.4 is 10.5 Å². The minimum atomic E-state index is -3.68. The average molecular weight is 312 g/mol. The van der Waals surface area contributed by atoms with Crippen LogP contribution in [0.2, 0.25) is 0 Å². The Kier molecular flexibility index (Phi) is 5.03. The topological polar surface area (TPSA) is 92.4 Å². The maximum atomic E-state index is 11.4. The van der Waals surface area contributed by atoms with E-state index in [2.05, 4.69) is 5.32 Å². The molecule has 1 fully saturated rings. The van der Waals surface area contributed by atoms with Crippen molar-refractivity contribution in [2.24, 2.45) is 5.14 Å².